The van der Waals surface area contributed by atoms with Gasteiger partial charge in [-0.2, -0.15) is 0 Å². The normalized spacial score (nSPS) is 11.7. The number of nitrogens with zero attached hydrogens (tertiary/aromatic N) is 1. The molecule has 0 saturated carbocycles. The Labute approximate surface area is 312 Å². The predicted octanol–water partition coefficient (Wildman–Crippen LogP) is 15.0. The maximum absolute atomic E-state index is 6.79. The van der Waals surface area contributed by atoms with Gasteiger partial charge in [-0.05, 0) is 79.2 Å². The number of para-hydroxylation sites is 2. The summed E-state index contributed by atoms with van der Waals surface area (Å²) in [6.45, 7) is 0. The van der Waals surface area contributed by atoms with Gasteiger partial charge in [0.25, 0.3) is 0 Å². The first-order valence-corrected chi connectivity index (χ1v) is 18.5. The number of rotatable bonds is 5. The van der Waals surface area contributed by atoms with Gasteiger partial charge in [0, 0.05) is 38.7 Å². The van der Waals surface area contributed by atoms with E-state index in [1.807, 2.05) is 0 Å². The van der Waals surface area contributed by atoms with Crippen LogP contribution in [0.25, 0.3) is 87.3 Å². The van der Waals surface area contributed by atoms with Gasteiger partial charge in [-0.1, -0.05) is 170 Å². The van der Waals surface area contributed by atoms with E-state index in [1.54, 1.807) is 0 Å². The summed E-state index contributed by atoms with van der Waals surface area (Å²) < 4.78 is 6.79. The minimum absolute atomic E-state index is 0.905. The van der Waals surface area contributed by atoms with Crippen molar-refractivity contribution in [2.24, 2.45) is 0 Å². The lowest BCUT2D eigenvalue weighted by molar-refractivity contribution is 0.671. The first kappa shape index (κ1) is 30.5. The monoisotopic (exact) mass is 687 g/mol. The standard InChI is InChI=1S/C52H33NO/c1-2-12-34(13-3-1)43-20-10-22-47-48-23-11-21-44(52(48)54-51(43)47)36-26-29-39(30-27-36)53(40-31-28-37-25-24-35-14-4-6-16-41(35)49(37)33-40)50-32-38-15-5-7-17-42(38)45-18-8-9-19-46(45)50/h1-33H. The molecule has 0 unspecified atom stereocenters. The van der Waals surface area contributed by atoms with Gasteiger partial charge in [0.1, 0.15) is 11.2 Å². The SMILES string of the molecule is c1ccc(-c2cccc3c2oc2c(-c4ccc(N(c5ccc6ccc7ccccc7c6c5)c5cc6ccccc6c6ccccc56)cc4)cccc23)cc1. The molecule has 0 amide bonds. The highest BCUT2D eigenvalue weighted by molar-refractivity contribution is 6.16. The minimum atomic E-state index is 0.905. The van der Waals surface area contributed by atoms with Gasteiger partial charge >= 0.3 is 0 Å². The van der Waals surface area contributed by atoms with Crippen LogP contribution < -0.4 is 4.90 Å². The number of benzene rings is 10. The van der Waals surface area contributed by atoms with Crippen LogP contribution in [0, 0.1) is 0 Å². The van der Waals surface area contributed by atoms with Gasteiger partial charge in [0.05, 0.1) is 5.69 Å². The molecule has 0 radical (unpaired) electrons. The Hall–Kier alpha value is -7.16. The van der Waals surface area contributed by atoms with Gasteiger partial charge in [-0.15, -0.1) is 0 Å². The highest BCUT2D eigenvalue weighted by Gasteiger charge is 2.20. The Balaban J connectivity index is 1.11. The molecule has 11 rings (SSSR count). The second-order valence-corrected chi connectivity index (χ2v) is 14.1. The maximum atomic E-state index is 6.79. The molecule has 54 heavy (non-hydrogen) atoms. The summed E-state index contributed by atoms with van der Waals surface area (Å²) in [6, 6.07) is 72.2. The first-order chi connectivity index (χ1) is 26.8. The summed E-state index contributed by atoms with van der Waals surface area (Å²) in [4.78, 5) is 2.42. The molecule has 0 spiro atoms. The van der Waals surface area contributed by atoms with Crippen LogP contribution in [0.1, 0.15) is 0 Å². The summed E-state index contributed by atoms with van der Waals surface area (Å²) in [5.74, 6) is 0. The van der Waals surface area contributed by atoms with Gasteiger partial charge in [-0.25, -0.2) is 0 Å². The molecule has 0 fully saturated rings. The van der Waals surface area contributed by atoms with Crippen molar-refractivity contribution in [1.82, 2.24) is 0 Å². The van der Waals surface area contributed by atoms with Crippen molar-refractivity contribution in [3.8, 4) is 22.3 Å². The van der Waals surface area contributed by atoms with Crippen LogP contribution in [0.5, 0.6) is 0 Å². The molecule has 1 aromatic heterocycles. The van der Waals surface area contributed by atoms with E-state index in [4.69, 9.17) is 4.42 Å². The molecule has 2 nitrogen and oxygen atoms in total. The average Bonchev–Trinajstić information content (AvgIpc) is 3.64. The molecule has 0 aliphatic rings. The number of fused-ring (bicyclic) bond motifs is 9. The number of hydrogen-bond acceptors (Lipinski definition) is 2. The Morgan fingerprint density at radius 1 is 0.296 bits per heavy atom. The van der Waals surface area contributed by atoms with E-state index in [9.17, 15) is 0 Å². The molecular weight excluding hydrogens is 655 g/mol. The van der Waals surface area contributed by atoms with E-state index in [2.05, 4.69) is 205 Å². The van der Waals surface area contributed by atoms with E-state index >= 15 is 0 Å². The van der Waals surface area contributed by atoms with Crippen LogP contribution >= 0.6 is 0 Å². The van der Waals surface area contributed by atoms with Crippen molar-refractivity contribution < 1.29 is 4.42 Å². The topological polar surface area (TPSA) is 16.4 Å². The molecule has 0 atom stereocenters. The van der Waals surface area contributed by atoms with Crippen LogP contribution in [0.4, 0.5) is 17.1 Å². The van der Waals surface area contributed by atoms with E-state index < -0.39 is 0 Å². The maximum Gasteiger partial charge on any atom is 0.143 e. The zero-order valence-electron chi connectivity index (χ0n) is 29.4. The molecular formula is C52H33NO. The van der Waals surface area contributed by atoms with Gasteiger partial charge in [0.2, 0.25) is 0 Å². The summed E-state index contributed by atoms with van der Waals surface area (Å²) >= 11 is 0. The molecule has 0 aliphatic heterocycles. The van der Waals surface area contributed by atoms with E-state index in [1.165, 1.54) is 43.1 Å². The lowest BCUT2D eigenvalue weighted by Gasteiger charge is -2.28. The summed E-state index contributed by atoms with van der Waals surface area (Å²) in [6.07, 6.45) is 0. The van der Waals surface area contributed by atoms with Crippen molar-refractivity contribution in [3.05, 3.63) is 200 Å². The zero-order valence-corrected chi connectivity index (χ0v) is 29.4. The molecule has 0 bridgehead atoms. The van der Waals surface area contributed by atoms with Crippen LogP contribution in [0.2, 0.25) is 0 Å². The quantitative estimate of drug-likeness (QED) is 0.168. The third-order valence-corrected chi connectivity index (χ3v) is 11.0. The lowest BCUT2D eigenvalue weighted by atomic mass is 9.97. The third-order valence-electron chi connectivity index (χ3n) is 11.0. The fourth-order valence-corrected chi connectivity index (χ4v) is 8.46. The van der Waals surface area contributed by atoms with Crippen molar-refractivity contribution in [2.45, 2.75) is 0 Å². The van der Waals surface area contributed by atoms with Gasteiger partial charge < -0.3 is 9.32 Å². The Morgan fingerprint density at radius 2 is 0.796 bits per heavy atom. The molecule has 11 aromatic rings. The highest BCUT2D eigenvalue weighted by Crippen LogP contribution is 2.45. The highest BCUT2D eigenvalue weighted by atomic mass is 16.3. The Morgan fingerprint density at radius 3 is 1.50 bits per heavy atom. The molecule has 10 aromatic carbocycles. The molecule has 1 heterocycles. The zero-order chi connectivity index (χ0) is 35.6. The molecule has 2 heteroatoms. The smallest absolute Gasteiger partial charge is 0.143 e. The molecule has 0 aliphatic carbocycles. The van der Waals surface area contributed by atoms with Crippen molar-refractivity contribution in [2.75, 3.05) is 4.90 Å². The van der Waals surface area contributed by atoms with Gasteiger partial charge in [-0.3, -0.25) is 0 Å². The number of hydrogen-bond donors (Lipinski definition) is 0. The lowest BCUT2D eigenvalue weighted by Crippen LogP contribution is -2.10. The molecule has 252 valence electrons. The third kappa shape index (κ3) is 4.81. The van der Waals surface area contributed by atoms with Crippen LogP contribution in [-0.4, -0.2) is 0 Å². The van der Waals surface area contributed by atoms with Crippen molar-refractivity contribution in [3.63, 3.8) is 0 Å². The second-order valence-electron chi connectivity index (χ2n) is 14.1. The van der Waals surface area contributed by atoms with E-state index in [-0.39, 0.29) is 0 Å². The van der Waals surface area contributed by atoms with E-state index in [0.29, 0.717) is 0 Å². The molecule has 0 saturated heterocycles. The van der Waals surface area contributed by atoms with Crippen molar-refractivity contribution >= 4 is 82.1 Å². The Kier molecular flexibility index (Phi) is 6.90. The van der Waals surface area contributed by atoms with Crippen LogP contribution in [0.15, 0.2) is 205 Å². The number of anilines is 3. The largest absolute Gasteiger partial charge is 0.455 e. The number of furan rings is 1. The van der Waals surface area contributed by atoms with Gasteiger partial charge in [0.15, 0.2) is 0 Å². The summed E-state index contributed by atoms with van der Waals surface area (Å²) in [5.41, 5.74) is 9.60. The predicted molar refractivity (Wildman–Crippen MR) is 229 cm³/mol. The minimum Gasteiger partial charge on any atom is -0.455 e. The molecule has 0 N–H and O–H groups in total. The first-order valence-electron chi connectivity index (χ1n) is 18.5. The fourth-order valence-electron chi connectivity index (χ4n) is 8.46. The van der Waals surface area contributed by atoms with Crippen molar-refractivity contribution in [1.29, 1.82) is 0 Å². The van der Waals surface area contributed by atoms with Crippen LogP contribution in [-0.2, 0) is 0 Å². The Bertz CT molecular complexity index is 3210. The second kappa shape index (κ2) is 12.2. The summed E-state index contributed by atoms with van der Waals surface area (Å²) in [5, 5.41) is 12.1. The summed E-state index contributed by atoms with van der Waals surface area (Å²) in [7, 11) is 0. The fraction of sp³-hybridized carbons (Fsp3) is 0. The van der Waals surface area contributed by atoms with Crippen LogP contribution in [0.3, 0.4) is 0 Å². The average molecular weight is 688 g/mol. The van der Waals surface area contributed by atoms with E-state index in [0.717, 1.165) is 61.3 Å².